The van der Waals surface area contributed by atoms with E-state index >= 15 is 0 Å². The summed E-state index contributed by atoms with van der Waals surface area (Å²) in [4.78, 5) is -0.436. The SMILES string of the molecule is ClC(Cl)C=C(Br)Br. The van der Waals surface area contributed by atoms with E-state index in [9.17, 15) is 0 Å². The van der Waals surface area contributed by atoms with Crippen LogP contribution in [0.15, 0.2) is 9.47 Å². The van der Waals surface area contributed by atoms with E-state index < -0.39 is 4.84 Å². The van der Waals surface area contributed by atoms with Crippen LogP contribution in [0.4, 0.5) is 0 Å². The molecule has 0 N–H and O–H groups in total. The van der Waals surface area contributed by atoms with Gasteiger partial charge in [-0.05, 0) is 37.9 Å². The van der Waals surface area contributed by atoms with Gasteiger partial charge < -0.3 is 0 Å². The van der Waals surface area contributed by atoms with Gasteiger partial charge in [0.2, 0.25) is 0 Å². The molecule has 4 heteroatoms. The van der Waals surface area contributed by atoms with Gasteiger partial charge >= 0.3 is 0 Å². The molecule has 0 amide bonds. The van der Waals surface area contributed by atoms with Crippen LogP contribution in [0.3, 0.4) is 0 Å². The highest BCUT2D eigenvalue weighted by Crippen LogP contribution is 2.17. The molecule has 0 atom stereocenters. The molecule has 0 aromatic heterocycles. The van der Waals surface area contributed by atoms with Gasteiger partial charge in [-0.3, -0.25) is 0 Å². The zero-order chi connectivity index (χ0) is 5.86. The summed E-state index contributed by atoms with van der Waals surface area (Å²) in [7, 11) is 0. The van der Waals surface area contributed by atoms with Crippen molar-refractivity contribution in [2.45, 2.75) is 4.84 Å². The largest absolute Gasteiger partial charge is 0.127 e. The highest BCUT2D eigenvalue weighted by atomic mass is 79.9. The van der Waals surface area contributed by atoms with Gasteiger partial charge in [-0.1, -0.05) is 0 Å². The number of halogens is 4. The molecule has 0 heterocycles. The molecule has 0 rings (SSSR count). The standard InChI is InChI=1S/C3H2Br2Cl2/c4-2(5)1-3(6)7/h1,3H. The predicted octanol–water partition coefficient (Wildman–Crippen LogP) is 3.42. The number of allylic oxidation sites excluding steroid dienone is 1. The second kappa shape index (κ2) is 4.19. The first kappa shape index (κ1) is 8.28. The van der Waals surface area contributed by atoms with Crippen LogP contribution < -0.4 is 0 Å². The lowest BCUT2D eigenvalue weighted by atomic mass is 10.8. The number of hydrogen-bond donors (Lipinski definition) is 0. The van der Waals surface area contributed by atoms with Gasteiger partial charge in [-0.15, -0.1) is 23.2 Å². The van der Waals surface area contributed by atoms with Gasteiger partial charge in [-0.2, -0.15) is 0 Å². The van der Waals surface area contributed by atoms with Gasteiger partial charge in [0.1, 0.15) is 4.84 Å². The average Bonchev–Trinajstić information content (AvgIpc) is 1.27. The zero-order valence-electron chi connectivity index (χ0n) is 3.17. The first-order valence-electron chi connectivity index (χ1n) is 1.44. The maximum atomic E-state index is 5.30. The molecular weight excluding hydrogens is 267 g/mol. The van der Waals surface area contributed by atoms with Crippen LogP contribution in [0.1, 0.15) is 0 Å². The fourth-order valence-electron chi connectivity index (χ4n) is 0.0952. The smallest absolute Gasteiger partial charge is 0.101 e. The molecule has 0 unspecified atom stereocenters. The van der Waals surface area contributed by atoms with E-state index in [-0.39, 0.29) is 0 Å². The topological polar surface area (TPSA) is 0 Å². The Kier molecular flexibility index (Phi) is 4.95. The summed E-state index contributed by atoms with van der Waals surface area (Å²) in [5, 5.41) is 0. The third kappa shape index (κ3) is 7.28. The predicted molar refractivity (Wildman–Crippen MR) is 41.4 cm³/mol. The van der Waals surface area contributed by atoms with Crippen molar-refractivity contribution in [1.29, 1.82) is 0 Å². The first-order valence-corrected chi connectivity index (χ1v) is 3.90. The van der Waals surface area contributed by atoms with E-state index in [1.165, 1.54) is 0 Å². The van der Waals surface area contributed by atoms with Gasteiger partial charge in [-0.25, -0.2) is 0 Å². The lowest BCUT2D eigenvalue weighted by Gasteiger charge is -1.85. The summed E-state index contributed by atoms with van der Waals surface area (Å²) >= 11 is 16.8. The molecule has 0 aliphatic carbocycles. The van der Waals surface area contributed by atoms with Crippen LogP contribution >= 0.6 is 55.1 Å². The van der Waals surface area contributed by atoms with Gasteiger partial charge in [0.25, 0.3) is 0 Å². The Balaban J connectivity index is 3.45. The Labute approximate surface area is 69.1 Å². The summed E-state index contributed by atoms with van der Waals surface area (Å²) in [5.41, 5.74) is 0. The van der Waals surface area contributed by atoms with Crippen LogP contribution in [0, 0.1) is 0 Å². The maximum Gasteiger partial charge on any atom is 0.127 e. The van der Waals surface area contributed by atoms with Crippen molar-refractivity contribution in [3.8, 4) is 0 Å². The van der Waals surface area contributed by atoms with Crippen LogP contribution in [-0.4, -0.2) is 4.84 Å². The van der Waals surface area contributed by atoms with Gasteiger partial charge in [0.05, 0.1) is 3.39 Å². The molecule has 0 aliphatic heterocycles. The van der Waals surface area contributed by atoms with E-state index in [2.05, 4.69) is 31.9 Å². The molecule has 0 saturated carbocycles. The van der Waals surface area contributed by atoms with Crippen molar-refractivity contribution in [3.63, 3.8) is 0 Å². The number of hydrogen-bond acceptors (Lipinski definition) is 0. The first-order chi connectivity index (χ1) is 3.13. The fraction of sp³-hybridized carbons (Fsp3) is 0.333. The van der Waals surface area contributed by atoms with Crippen molar-refractivity contribution in [2.24, 2.45) is 0 Å². The lowest BCUT2D eigenvalue weighted by molar-refractivity contribution is 1.63. The van der Waals surface area contributed by atoms with E-state index in [0.29, 0.717) is 0 Å². The molecule has 0 spiro atoms. The van der Waals surface area contributed by atoms with Gasteiger partial charge in [0, 0.05) is 0 Å². The normalized spacial score (nSPS) is 9.29. The summed E-state index contributed by atoms with van der Waals surface area (Å²) in [5.74, 6) is 0. The molecule has 0 bridgehead atoms. The highest BCUT2D eigenvalue weighted by molar-refractivity contribution is 9.28. The summed E-state index contributed by atoms with van der Waals surface area (Å²) in [6, 6.07) is 0. The number of rotatable bonds is 1. The van der Waals surface area contributed by atoms with Crippen molar-refractivity contribution >= 4 is 55.1 Å². The molecule has 0 radical (unpaired) electrons. The molecule has 0 aliphatic rings. The third-order valence-electron chi connectivity index (χ3n) is 0.252. The minimum absolute atomic E-state index is 0.436. The Bertz CT molecular complexity index is 75.0. The average molecular weight is 269 g/mol. The molecule has 0 aromatic carbocycles. The monoisotopic (exact) mass is 266 g/mol. The highest BCUT2D eigenvalue weighted by Gasteiger charge is 1.90. The fourth-order valence-corrected chi connectivity index (χ4v) is 1.48. The van der Waals surface area contributed by atoms with Crippen molar-refractivity contribution in [1.82, 2.24) is 0 Å². The summed E-state index contributed by atoms with van der Waals surface area (Å²) in [6.45, 7) is 0. The Morgan fingerprint density at radius 3 is 1.86 bits per heavy atom. The minimum atomic E-state index is -0.436. The second-order valence-corrected chi connectivity index (χ2v) is 4.73. The van der Waals surface area contributed by atoms with E-state index in [1.807, 2.05) is 0 Å². The van der Waals surface area contributed by atoms with E-state index in [4.69, 9.17) is 23.2 Å². The Hall–Kier alpha value is 1.28. The molecule has 0 fully saturated rings. The molecule has 0 nitrogen and oxygen atoms in total. The summed E-state index contributed by atoms with van der Waals surface area (Å²) < 4.78 is 0.773. The van der Waals surface area contributed by atoms with Crippen molar-refractivity contribution < 1.29 is 0 Å². The third-order valence-corrected chi connectivity index (χ3v) is 1.03. The number of alkyl halides is 2. The van der Waals surface area contributed by atoms with E-state index in [0.717, 1.165) is 3.39 Å². The van der Waals surface area contributed by atoms with Crippen LogP contribution in [-0.2, 0) is 0 Å². The van der Waals surface area contributed by atoms with Crippen molar-refractivity contribution in [2.75, 3.05) is 0 Å². The van der Waals surface area contributed by atoms with Crippen LogP contribution in [0.5, 0.6) is 0 Å². The van der Waals surface area contributed by atoms with Crippen LogP contribution in [0.2, 0.25) is 0 Å². The molecular formula is C3H2Br2Cl2. The van der Waals surface area contributed by atoms with Crippen molar-refractivity contribution in [3.05, 3.63) is 9.47 Å². The van der Waals surface area contributed by atoms with Gasteiger partial charge in [0.15, 0.2) is 0 Å². The molecule has 0 saturated heterocycles. The molecule has 42 valence electrons. The molecule has 7 heavy (non-hydrogen) atoms. The van der Waals surface area contributed by atoms with E-state index in [1.54, 1.807) is 6.08 Å². The Morgan fingerprint density at radius 1 is 1.43 bits per heavy atom. The summed E-state index contributed by atoms with van der Waals surface area (Å²) in [6.07, 6.45) is 1.61. The quantitative estimate of drug-likeness (QED) is 0.639. The zero-order valence-corrected chi connectivity index (χ0v) is 7.85. The Morgan fingerprint density at radius 2 is 1.86 bits per heavy atom. The molecule has 0 aromatic rings. The maximum absolute atomic E-state index is 5.30. The van der Waals surface area contributed by atoms with Crippen LogP contribution in [0.25, 0.3) is 0 Å². The lowest BCUT2D eigenvalue weighted by Crippen LogP contribution is -1.73. The second-order valence-electron chi connectivity index (χ2n) is 0.791. The minimum Gasteiger partial charge on any atom is -0.101 e.